The van der Waals surface area contributed by atoms with Crippen LogP contribution in [0.25, 0.3) is 17.1 Å². The highest BCUT2D eigenvalue weighted by atomic mass is 32.2. The van der Waals surface area contributed by atoms with Crippen molar-refractivity contribution in [3.05, 3.63) is 72.1 Å². The first-order valence-electron chi connectivity index (χ1n) is 11.2. The van der Waals surface area contributed by atoms with Gasteiger partial charge in [0, 0.05) is 29.2 Å². The second-order valence-corrected chi connectivity index (χ2v) is 8.70. The number of pyridine rings is 1. The number of nitrogens with one attached hydrogen (secondary N) is 1. The molecule has 1 N–H and O–H groups in total. The number of aromatic nitrogens is 4. The summed E-state index contributed by atoms with van der Waals surface area (Å²) in [5, 5.41) is 13.4. The van der Waals surface area contributed by atoms with Gasteiger partial charge in [0.2, 0.25) is 5.75 Å². The van der Waals surface area contributed by atoms with E-state index in [4.69, 9.17) is 14.2 Å². The molecule has 1 amide bonds. The summed E-state index contributed by atoms with van der Waals surface area (Å²) in [4.78, 5) is 16.6. The molecule has 0 unspecified atom stereocenters. The summed E-state index contributed by atoms with van der Waals surface area (Å²) in [5.74, 6) is 1.92. The fourth-order valence-electron chi connectivity index (χ4n) is 3.50. The summed E-state index contributed by atoms with van der Waals surface area (Å²) in [5.41, 5.74) is 6.11. The SMILES string of the molecule is COc1cc(C=NNC(=O)CSc2nnc(-c3ccncc3)n2-c2ccc(C)cc2)cc(OC)c1OC. The van der Waals surface area contributed by atoms with Gasteiger partial charge in [0.15, 0.2) is 22.5 Å². The van der Waals surface area contributed by atoms with E-state index in [2.05, 4.69) is 25.7 Å². The van der Waals surface area contributed by atoms with E-state index in [-0.39, 0.29) is 11.7 Å². The number of hydrazone groups is 1. The van der Waals surface area contributed by atoms with Crippen LogP contribution in [0.3, 0.4) is 0 Å². The van der Waals surface area contributed by atoms with Gasteiger partial charge in [-0.3, -0.25) is 14.3 Å². The number of aryl methyl sites for hydroxylation is 1. The number of methoxy groups -OCH3 is 3. The Morgan fingerprint density at radius 1 is 1.00 bits per heavy atom. The van der Waals surface area contributed by atoms with Crippen molar-refractivity contribution in [2.45, 2.75) is 12.1 Å². The van der Waals surface area contributed by atoms with Crippen molar-refractivity contribution in [2.24, 2.45) is 5.10 Å². The van der Waals surface area contributed by atoms with Crippen LogP contribution in [-0.2, 0) is 4.79 Å². The fourth-order valence-corrected chi connectivity index (χ4v) is 4.24. The maximum atomic E-state index is 12.5. The third-order valence-corrected chi connectivity index (χ3v) is 6.22. The summed E-state index contributed by atoms with van der Waals surface area (Å²) in [6, 6.07) is 15.2. The van der Waals surface area contributed by atoms with Gasteiger partial charge in [-0.25, -0.2) is 5.43 Å². The second kappa shape index (κ2) is 12.0. The van der Waals surface area contributed by atoms with E-state index in [1.54, 1.807) is 24.5 Å². The van der Waals surface area contributed by atoms with Crippen molar-refractivity contribution >= 4 is 23.9 Å². The van der Waals surface area contributed by atoms with Gasteiger partial charge in [-0.1, -0.05) is 29.5 Å². The van der Waals surface area contributed by atoms with Gasteiger partial charge in [0.25, 0.3) is 5.91 Å². The molecule has 0 aliphatic rings. The van der Waals surface area contributed by atoms with E-state index in [0.717, 1.165) is 16.8 Å². The van der Waals surface area contributed by atoms with Crippen molar-refractivity contribution in [1.29, 1.82) is 0 Å². The molecule has 0 atom stereocenters. The number of amides is 1. The van der Waals surface area contributed by atoms with Crippen LogP contribution < -0.4 is 19.6 Å². The Morgan fingerprint density at radius 2 is 1.68 bits per heavy atom. The van der Waals surface area contributed by atoms with Gasteiger partial charge in [-0.15, -0.1) is 10.2 Å². The van der Waals surface area contributed by atoms with E-state index >= 15 is 0 Å². The zero-order valence-corrected chi connectivity index (χ0v) is 21.7. The van der Waals surface area contributed by atoms with Crippen LogP contribution in [0.1, 0.15) is 11.1 Å². The van der Waals surface area contributed by atoms with Crippen LogP contribution in [0.4, 0.5) is 0 Å². The number of rotatable bonds is 10. The number of nitrogens with zero attached hydrogens (tertiary/aromatic N) is 5. The topological polar surface area (TPSA) is 113 Å². The lowest BCUT2D eigenvalue weighted by molar-refractivity contribution is -0.118. The normalized spacial score (nSPS) is 10.9. The summed E-state index contributed by atoms with van der Waals surface area (Å²) in [6.07, 6.45) is 4.91. The van der Waals surface area contributed by atoms with Crippen molar-refractivity contribution in [3.63, 3.8) is 0 Å². The largest absolute Gasteiger partial charge is 0.493 e. The smallest absolute Gasteiger partial charge is 0.250 e. The van der Waals surface area contributed by atoms with Crippen LogP contribution in [0, 0.1) is 6.92 Å². The molecular formula is C26H26N6O4S. The van der Waals surface area contributed by atoms with Gasteiger partial charge in [-0.05, 0) is 43.3 Å². The van der Waals surface area contributed by atoms with Crippen molar-refractivity contribution in [1.82, 2.24) is 25.2 Å². The third kappa shape index (κ3) is 6.07. The summed E-state index contributed by atoms with van der Waals surface area (Å²) in [6.45, 7) is 2.03. The van der Waals surface area contributed by atoms with E-state index < -0.39 is 0 Å². The number of carbonyl (C=O) groups excluding carboxylic acids is 1. The van der Waals surface area contributed by atoms with E-state index in [9.17, 15) is 4.79 Å². The first-order valence-corrected chi connectivity index (χ1v) is 12.2. The summed E-state index contributed by atoms with van der Waals surface area (Å²) in [7, 11) is 4.60. The summed E-state index contributed by atoms with van der Waals surface area (Å²) >= 11 is 1.26. The Hall–Kier alpha value is -4.38. The van der Waals surface area contributed by atoms with Crippen LogP contribution in [0.2, 0.25) is 0 Å². The molecule has 2 aromatic heterocycles. The van der Waals surface area contributed by atoms with Crippen LogP contribution in [-0.4, -0.2) is 59.0 Å². The number of ether oxygens (including phenoxy) is 3. The van der Waals surface area contributed by atoms with Gasteiger partial charge in [-0.2, -0.15) is 5.10 Å². The molecule has 10 nitrogen and oxygen atoms in total. The highest BCUT2D eigenvalue weighted by molar-refractivity contribution is 7.99. The minimum atomic E-state index is -0.294. The van der Waals surface area contributed by atoms with Crippen LogP contribution >= 0.6 is 11.8 Å². The number of hydrogen-bond donors (Lipinski definition) is 1. The molecule has 4 aromatic rings. The Morgan fingerprint density at radius 3 is 2.30 bits per heavy atom. The highest BCUT2D eigenvalue weighted by Gasteiger charge is 2.17. The first kappa shape index (κ1) is 25.7. The lowest BCUT2D eigenvalue weighted by Crippen LogP contribution is -2.20. The number of carbonyl (C=O) groups is 1. The minimum absolute atomic E-state index is 0.0902. The Kier molecular flexibility index (Phi) is 8.37. The molecular weight excluding hydrogens is 492 g/mol. The average Bonchev–Trinajstić information content (AvgIpc) is 3.36. The molecule has 2 heterocycles. The van der Waals surface area contributed by atoms with Crippen molar-refractivity contribution in [2.75, 3.05) is 27.1 Å². The molecule has 0 fully saturated rings. The van der Waals surface area contributed by atoms with Crippen LogP contribution in [0.5, 0.6) is 17.2 Å². The zero-order valence-electron chi connectivity index (χ0n) is 20.8. The molecule has 0 aliphatic carbocycles. The highest BCUT2D eigenvalue weighted by Crippen LogP contribution is 2.37. The molecule has 0 saturated heterocycles. The average molecular weight is 519 g/mol. The monoisotopic (exact) mass is 518 g/mol. The molecule has 0 radical (unpaired) electrons. The number of thioether (sulfide) groups is 1. The zero-order chi connectivity index (χ0) is 26.2. The molecule has 11 heteroatoms. The molecule has 37 heavy (non-hydrogen) atoms. The van der Waals surface area contributed by atoms with Gasteiger partial charge < -0.3 is 14.2 Å². The van der Waals surface area contributed by atoms with E-state index in [1.807, 2.05) is 47.9 Å². The molecule has 190 valence electrons. The van der Waals surface area contributed by atoms with Gasteiger partial charge in [0.05, 0.1) is 33.3 Å². The molecule has 2 aromatic carbocycles. The lowest BCUT2D eigenvalue weighted by Gasteiger charge is -2.12. The number of hydrogen-bond acceptors (Lipinski definition) is 9. The van der Waals surface area contributed by atoms with E-state index in [0.29, 0.717) is 33.8 Å². The molecule has 0 saturated carbocycles. The van der Waals surface area contributed by atoms with E-state index in [1.165, 1.54) is 39.3 Å². The fraction of sp³-hybridized carbons (Fsp3) is 0.192. The molecule has 0 aliphatic heterocycles. The summed E-state index contributed by atoms with van der Waals surface area (Å²) < 4.78 is 17.9. The molecule has 0 bridgehead atoms. The quantitative estimate of drug-likeness (QED) is 0.191. The second-order valence-electron chi connectivity index (χ2n) is 7.75. The number of benzene rings is 2. The minimum Gasteiger partial charge on any atom is -0.493 e. The predicted octanol–water partition coefficient (Wildman–Crippen LogP) is 3.91. The third-order valence-electron chi connectivity index (χ3n) is 5.29. The molecule has 0 spiro atoms. The van der Waals surface area contributed by atoms with Crippen molar-refractivity contribution in [3.8, 4) is 34.3 Å². The van der Waals surface area contributed by atoms with Crippen LogP contribution in [0.15, 0.2) is 71.2 Å². The van der Waals surface area contributed by atoms with Gasteiger partial charge in [0.1, 0.15) is 0 Å². The molecule has 4 rings (SSSR count). The lowest BCUT2D eigenvalue weighted by atomic mass is 10.2. The first-order chi connectivity index (χ1) is 18.0. The Labute approximate surface area is 218 Å². The Bertz CT molecular complexity index is 1370. The maximum Gasteiger partial charge on any atom is 0.250 e. The predicted molar refractivity (Wildman–Crippen MR) is 142 cm³/mol. The van der Waals surface area contributed by atoms with Gasteiger partial charge >= 0.3 is 0 Å². The standard InChI is InChI=1S/C26H26N6O4S/c1-17-5-7-20(8-6-17)32-25(19-9-11-27-12-10-19)30-31-26(32)37-16-23(33)29-28-15-18-13-21(34-2)24(36-4)22(14-18)35-3/h5-15H,16H2,1-4H3,(H,29,33). The maximum absolute atomic E-state index is 12.5. The Balaban J connectivity index is 1.48. The van der Waals surface area contributed by atoms with Crippen molar-refractivity contribution < 1.29 is 19.0 Å².